The number of aryl methyl sites for hydroxylation is 1. The van der Waals surface area contributed by atoms with E-state index in [-0.39, 0.29) is 11.8 Å². The molecule has 1 saturated heterocycles. The third-order valence-corrected chi connectivity index (χ3v) is 6.73. The Balaban J connectivity index is 1.23. The highest BCUT2D eigenvalue weighted by Crippen LogP contribution is 2.44. The van der Waals surface area contributed by atoms with Gasteiger partial charge in [0.15, 0.2) is 0 Å². The predicted molar refractivity (Wildman–Crippen MR) is 132 cm³/mol. The van der Waals surface area contributed by atoms with Gasteiger partial charge in [0.05, 0.1) is 5.92 Å². The van der Waals surface area contributed by atoms with Crippen molar-refractivity contribution in [2.75, 3.05) is 31.1 Å². The second kappa shape index (κ2) is 8.37. The fourth-order valence-corrected chi connectivity index (χ4v) is 4.92. The summed E-state index contributed by atoms with van der Waals surface area (Å²) in [6.07, 6.45) is 3.83. The molecule has 0 saturated carbocycles. The normalized spacial score (nSPS) is 15.4. The van der Waals surface area contributed by atoms with Gasteiger partial charge in [-0.25, -0.2) is 4.98 Å². The van der Waals surface area contributed by atoms with Gasteiger partial charge in [-0.3, -0.25) is 9.36 Å². The van der Waals surface area contributed by atoms with Crippen molar-refractivity contribution in [2.45, 2.75) is 12.8 Å². The fourth-order valence-electron chi connectivity index (χ4n) is 4.92. The zero-order valence-electron chi connectivity index (χ0n) is 19.1. The Morgan fingerprint density at radius 2 is 1.47 bits per heavy atom. The first kappa shape index (κ1) is 20.5. The van der Waals surface area contributed by atoms with Crippen molar-refractivity contribution in [3.63, 3.8) is 0 Å². The van der Waals surface area contributed by atoms with Gasteiger partial charge in [0.2, 0.25) is 11.9 Å². The summed E-state index contributed by atoms with van der Waals surface area (Å²) in [7, 11) is 0. The Hall–Kier alpha value is -4.06. The summed E-state index contributed by atoms with van der Waals surface area (Å²) >= 11 is 0. The van der Waals surface area contributed by atoms with Gasteiger partial charge in [-0.1, -0.05) is 54.1 Å². The van der Waals surface area contributed by atoms with E-state index in [4.69, 9.17) is 4.74 Å². The van der Waals surface area contributed by atoms with E-state index in [1.807, 2.05) is 65.8 Å². The van der Waals surface area contributed by atoms with Crippen LogP contribution in [-0.4, -0.2) is 46.5 Å². The number of aromatic nitrogens is 2. The van der Waals surface area contributed by atoms with Crippen LogP contribution in [0.4, 0.5) is 5.95 Å². The lowest BCUT2D eigenvalue weighted by Crippen LogP contribution is -2.51. The van der Waals surface area contributed by atoms with Crippen molar-refractivity contribution < 1.29 is 9.53 Å². The first-order valence-corrected chi connectivity index (χ1v) is 11.7. The maximum absolute atomic E-state index is 13.8. The van der Waals surface area contributed by atoms with Gasteiger partial charge < -0.3 is 14.5 Å². The van der Waals surface area contributed by atoms with Crippen LogP contribution in [0.15, 0.2) is 85.2 Å². The Labute approximate surface area is 199 Å². The zero-order valence-corrected chi connectivity index (χ0v) is 19.1. The molecule has 3 heterocycles. The van der Waals surface area contributed by atoms with Gasteiger partial charge in [0, 0.05) is 55.4 Å². The average molecular weight is 451 g/mol. The lowest BCUT2D eigenvalue weighted by atomic mass is 9.86. The van der Waals surface area contributed by atoms with Crippen molar-refractivity contribution in [3.05, 3.63) is 102 Å². The fraction of sp³-hybridized carbons (Fsp3) is 0.214. The number of ether oxygens (including phenoxy) is 1. The zero-order chi connectivity index (χ0) is 23.1. The van der Waals surface area contributed by atoms with E-state index < -0.39 is 0 Å². The molecule has 0 aliphatic carbocycles. The van der Waals surface area contributed by atoms with Gasteiger partial charge in [0.25, 0.3) is 0 Å². The van der Waals surface area contributed by atoms with E-state index >= 15 is 0 Å². The third kappa shape index (κ3) is 3.52. The maximum Gasteiger partial charge on any atom is 0.234 e. The van der Waals surface area contributed by atoms with Crippen LogP contribution in [0.5, 0.6) is 11.5 Å². The number of benzene rings is 3. The molecule has 0 radical (unpaired) electrons. The number of imidazole rings is 1. The first-order chi connectivity index (χ1) is 16.7. The molecular weight excluding hydrogens is 424 g/mol. The van der Waals surface area contributed by atoms with Crippen LogP contribution in [0, 0.1) is 6.92 Å². The highest BCUT2D eigenvalue weighted by molar-refractivity contribution is 5.90. The number of amides is 1. The maximum atomic E-state index is 13.8. The molecule has 0 bridgehead atoms. The van der Waals surface area contributed by atoms with Crippen molar-refractivity contribution in [1.29, 1.82) is 0 Å². The largest absolute Gasteiger partial charge is 0.457 e. The second-order valence-corrected chi connectivity index (χ2v) is 8.86. The van der Waals surface area contributed by atoms with Gasteiger partial charge in [-0.05, 0) is 31.2 Å². The Bertz CT molecular complexity index is 1290. The van der Waals surface area contributed by atoms with Gasteiger partial charge in [-0.2, -0.15) is 0 Å². The second-order valence-electron chi connectivity index (χ2n) is 8.86. The van der Waals surface area contributed by atoms with Crippen molar-refractivity contribution in [3.8, 4) is 17.2 Å². The summed E-state index contributed by atoms with van der Waals surface area (Å²) in [6, 6.07) is 24.2. The first-order valence-electron chi connectivity index (χ1n) is 11.7. The highest BCUT2D eigenvalue weighted by atomic mass is 16.5. The van der Waals surface area contributed by atoms with Crippen molar-refractivity contribution in [2.24, 2.45) is 0 Å². The van der Waals surface area contributed by atoms with E-state index in [9.17, 15) is 4.79 Å². The molecular formula is C28H26N4O2. The molecule has 170 valence electrons. The standard InChI is InChI=1S/C28H26N4O2/c1-20-10-12-21(13-11-20)32-15-14-29-28(32)31-18-16-30(17-19-31)27(33)26-22-6-2-4-8-24(22)34-25-9-5-3-7-23(25)26/h2-15,26H,16-19H2,1H3. The van der Waals surface area contributed by atoms with Gasteiger partial charge in [0.1, 0.15) is 11.5 Å². The average Bonchev–Trinajstić information content (AvgIpc) is 3.37. The van der Waals surface area contributed by atoms with Crippen molar-refractivity contribution in [1.82, 2.24) is 14.5 Å². The van der Waals surface area contributed by atoms with Crippen LogP contribution >= 0.6 is 0 Å². The Kier molecular flexibility index (Phi) is 5.06. The number of hydrogen-bond acceptors (Lipinski definition) is 4. The number of carbonyl (C=O) groups is 1. The van der Waals surface area contributed by atoms with Crippen LogP contribution < -0.4 is 9.64 Å². The molecule has 3 aromatic carbocycles. The van der Waals surface area contributed by atoms with E-state index in [0.29, 0.717) is 13.1 Å². The number of nitrogens with zero attached hydrogens (tertiary/aromatic N) is 4. The highest BCUT2D eigenvalue weighted by Gasteiger charge is 2.36. The minimum Gasteiger partial charge on any atom is -0.457 e. The monoisotopic (exact) mass is 450 g/mol. The van der Waals surface area contributed by atoms with E-state index in [0.717, 1.165) is 47.4 Å². The van der Waals surface area contributed by atoms with Crippen LogP contribution in [0.25, 0.3) is 5.69 Å². The van der Waals surface area contributed by atoms with E-state index in [2.05, 4.69) is 45.6 Å². The lowest BCUT2D eigenvalue weighted by molar-refractivity contribution is -0.132. The molecule has 1 fully saturated rings. The van der Waals surface area contributed by atoms with Crippen LogP contribution in [0.1, 0.15) is 22.6 Å². The quantitative estimate of drug-likeness (QED) is 0.451. The molecule has 34 heavy (non-hydrogen) atoms. The molecule has 0 atom stereocenters. The molecule has 6 heteroatoms. The molecule has 6 rings (SSSR count). The number of hydrogen-bond donors (Lipinski definition) is 0. The number of anilines is 1. The third-order valence-electron chi connectivity index (χ3n) is 6.73. The molecule has 1 aromatic heterocycles. The summed E-state index contributed by atoms with van der Waals surface area (Å²) < 4.78 is 8.20. The SMILES string of the molecule is Cc1ccc(-n2ccnc2N2CCN(C(=O)C3c4ccccc4Oc4ccccc43)CC2)cc1. The summed E-state index contributed by atoms with van der Waals surface area (Å²) in [5.74, 6) is 2.22. The topological polar surface area (TPSA) is 50.6 Å². The molecule has 2 aliphatic rings. The molecule has 1 amide bonds. The number of fused-ring (bicyclic) bond motifs is 2. The molecule has 6 nitrogen and oxygen atoms in total. The van der Waals surface area contributed by atoms with Crippen molar-refractivity contribution >= 4 is 11.9 Å². The molecule has 0 unspecified atom stereocenters. The summed E-state index contributed by atoms with van der Waals surface area (Å²) in [4.78, 5) is 22.7. The predicted octanol–water partition coefficient (Wildman–Crippen LogP) is 4.77. The van der Waals surface area contributed by atoms with Crippen LogP contribution in [0.3, 0.4) is 0 Å². The number of rotatable bonds is 3. The smallest absolute Gasteiger partial charge is 0.234 e. The summed E-state index contributed by atoms with van der Waals surface area (Å²) in [6.45, 7) is 4.87. The number of piperazine rings is 1. The van der Waals surface area contributed by atoms with Gasteiger partial charge in [-0.15, -0.1) is 0 Å². The van der Waals surface area contributed by atoms with Gasteiger partial charge >= 0.3 is 0 Å². The molecule has 0 N–H and O–H groups in total. The number of para-hydroxylation sites is 2. The summed E-state index contributed by atoms with van der Waals surface area (Å²) in [5.41, 5.74) is 4.19. The molecule has 2 aliphatic heterocycles. The lowest BCUT2D eigenvalue weighted by Gasteiger charge is -2.38. The molecule has 4 aromatic rings. The molecule has 0 spiro atoms. The minimum atomic E-state index is -0.345. The van der Waals surface area contributed by atoms with Crippen LogP contribution in [-0.2, 0) is 4.79 Å². The van der Waals surface area contributed by atoms with E-state index in [1.165, 1.54) is 5.56 Å². The number of carbonyl (C=O) groups excluding carboxylic acids is 1. The van der Waals surface area contributed by atoms with Crippen LogP contribution in [0.2, 0.25) is 0 Å². The Morgan fingerprint density at radius 1 is 0.853 bits per heavy atom. The van der Waals surface area contributed by atoms with E-state index in [1.54, 1.807) is 0 Å². The minimum absolute atomic E-state index is 0.129. The summed E-state index contributed by atoms with van der Waals surface area (Å²) in [5, 5.41) is 0. The Morgan fingerprint density at radius 3 is 2.12 bits per heavy atom.